The van der Waals surface area contributed by atoms with Gasteiger partial charge in [0.25, 0.3) is 0 Å². The second-order valence-electron chi connectivity index (χ2n) is 6.45. The SMILES string of the molecule is CCS(=O)(=O)C1CNCCN1c1ccc(Nc2ncnc3ccsc23)cc1F. The van der Waals surface area contributed by atoms with Crippen LogP contribution in [-0.2, 0) is 9.84 Å². The highest BCUT2D eigenvalue weighted by molar-refractivity contribution is 7.92. The van der Waals surface area contributed by atoms with Crippen LogP contribution in [0, 0.1) is 5.82 Å². The number of hydrogen-bond donors (Lipinski definition) is 2. The van der Waals surface area contributed by atoms with Crippen molar-refractivity contribution in [2.75, 3.05) is 35.6 Å². The molecule has 1 saturated heterocycles. The van der Waals surface area contributed by atoms with E-state index in [0.717, 1.165) is 10.2 Å². The third-order valence-corrected chi connectivity index (χ3v) is 7.74. The number of halogens is 1. The average molecular weight is 422 g/mol. The number of aromatic nitrogens is 2. The summed E-state index contributed by atoms with van der Waals surface area (Å²) >= 11 is 1.51. The van der Waals surface area contributed by atoms with E-state index < -0.39 is 21.0 Å². The Morgan fingerprint density at radius 2 is 2.21 bits per heavy atom. The number of benzene rings is 1. The van der Waals surface area contributed by atoms with Crippen molar-refractivity contribution in [2.45, 2.75) is 12.3 Å². The van der Waals surface area contributed by atoms with E-state index in [9.17, 15) is 12.8 Å². The van der Waals surface area contributed by atoms with E-state index in [4.69, 9.17) is 0 Å². The molecule has 0 amide bonds. The van der Waals surface area contributed by atoms with Gasteiger partial charge in [0.2, 0.25) is 0 Å². The van der Waals surface area contributed by atoms with Crippen molar-refractivity contribution in [3.63, 3.8) is 0 Å². The maximum absolute atomic E-state index is 14.9. The number of rotatable bonds is 5. The molecule has 148 valence electrons. The Morgan fingerprint density at radius 1 is 1.36 bits per heavy atom. The zero-order valence-corrected chi connectivity index (χ0v) is 16.9. The Kier molecular flexibility index (Phi) is 5.17. The number of nitrogens with zero attached hydrogens (tertiary/aromatic N) is 3. The number of hydrogen-bond acceptors (Lipinski definition) is 8. The number of nitrogens with one attached hydrogen (secondary N) is 2. The number of anilines is 3. The predicted molar refractivity (Wildman–Crippen MR) is 111 cm³/mol. The molecule has 2 N–H and O–H groups in total. The normalized spacial score (nSPS) is 17.8. The van der Waals surface area contributed by atoms with Gasteiger partial charge in [0.05, 0.1) is 15.9 Å². The molecule has 0 spiro atoms. The standard InChI is InChI=1S/C18H20FN5O2S2/c1-2-28(25,26)16-10-20-6-7-24(16)15-4-3-12(9-13(15)19)23-18-17-14(5-8-27-17)21-11-22-18/h3-5,8-9,11,16,20H,2,6-7,10H2,1H3,(H,21,22,23). The van der Waals surface area contributed by atoms with Gasteiger partial charge >= 0.3 is 0 Å². The summed E-state index contributed by atoms with van der Waals surface area (Å²) in [6.45, 7) is 2.92. The number of thiophene rings is 1. The molecular formula is C18H20FN5O2S2. The summed E-state index contributed by atoms with van der Waals surface area (Å²) in [6.07, 6.45) is 1.46. The van der Waals surface area contributed by atoms with Gasteiger partial charge in [-0.1, -0.05) is 6.92 Å². The predicted octanol–water partition coefficient (Wildman–Crippen LogP) is 2.74. The van der Waals surface area contributed by atoms with Crippen LogP contribution in [0.15, 0.2) is 36.0 Å². The molecule has 4 rings (SSSR count). The van der Waals surface area contributed by atoms with E-state index in [1.807, 2.05) is 11.4 Å². The van der Waals surface area contributed by atoms with E-state index >= 15 is 0 Å². The zero-order valence-electron chi connectivity index (χ0n) is 15.2. The maximum atomic E-state index is 14.9. The van der Waals surface area contributed by atoms with E-state index in [-0.39, 0.29) is 18.0 Å². The fourth-order valence-electron chi connectivity index (χ4n) is 3.30. The maximum Gasteiger partial charge on any atom is 0.172 e. The van der Waals surface area contributed by atoms with Crippen molar-refractivity contribution < 1.29 is 12.8 Å². The van der Waals surface area contributed by atoms with Gasteiger partial charge in [0, 0.05) is 31.1 Å². The minimum Gasteiger partial charge on any atom is -0.350 e. The number of fused-ring (bicyclic) bond motifs is 1. The molecule has 28 heavy (non-hydrogen) atoms. The molecule has 1 unspecified atom stereocenters. The van der Waals surface area contributed by atoms with Gasteiger partial charge in [-0.15, -0.1) is 11.3 Å². The van der Waals surface area contributed by atoms with Gasteiger partial charge in [-0.2, -0.15) is 0 Å². The van der Waals surface area contributed by atoms with Crippen molar-refractivity contribution >= 4 is 48.6 Å². The van der Waals surface area contributed by atoms with Crippen LogP contribution in [0.4, 0.5) is 21.6 Å². The molecule has 2 aromatic heterocycles. The first-order valence-electron chi connectivity index (χ1n) is 8.93. The highest BCUT2D eigenvalue weighted by Crippen LogP contribution is 2.31. The quantitative estimate of drug-likeness (QED) is 0.655. The molecule has 0 aliphatic carbocycles. The second kappa shape index (κ2) is 7.61. The fraction of sp³-hybridized carbons (Fsp3) is 0.333. The van der Waals surface area contributed by atoms with Crippen LogP contribution in [-0.4, -0.2) is 49.1 Å². The fourth-order valence-corrected chi connectivity index (χ4v) is 5.45. The molecule has 0 bridgehead atoms. The first-order valence-corrected chi connectivity index (χ1v) is 11.5. The highest BCUT2D eigenvalue weighted by Gasteiger charge is 2.33. The van der Waals surface area contributed by atoms with Crippen molar-refractivity contribution in [1.29, 1.82) is 0 Å². The van der Waals surface area contributed by atoms with E-state index in [2.05, 4.69) is 20.6 Å². The summed E-state index contributed by atoms with van der Waals surface area (Å²) in [6, 6.07) is 6.62. The lowest BCUT2D eigenvalue weighted by Gasteiger charge is -2.37. The van der Waals surface area contributed by atoms with Gasteiger partial charge in [-0.05, 0) is 29.6 Å². The molecule has 1 aromatic carbocycles. The van der Waals surface area contributed by atoms with Crippen molar-refractivity contribution in [1.82, 2.24) is 15.3 Å². The van der Waals surface area contributed by atoms with Crippen LogP contribution >= 0.6 is 11.3 Å². The summed E-state index contributed by atoms with van der Waals surface area (Å²) in [5.74, 6) is 0.155. The van der Waals surface area contributed by atoms with E-state index in [1.54, 1.807) is 24.0 Å². The molecule has 1 aliphatic rings. The molecule has 3 aromatic rings. The third kappa shape index (κ3) is 3.54. The van der Waals surface area contributed by atoms with Crippen LogP contribution < -0.4 is 15.5 Å². The lowest BCUT2D eigenvalue weighted by Crippen LogP contribution is -2.55. The summed E-state index contributed by atoms with van der Waals surface area (Å²) in [5.41, 5.74) is 1.66. The molecule has 10 heteroatoms. The lowest BCUT2D eigenvalue weighted by atomic mass is 10.2. The van der Waals surface area contributed by atoms with Gasteiger partial charge in [0.1, 0.15) is 17.5 Å². The largest absolute Gasteiger partial charge is 0.350 e. The smallest absolute Gasteiger partial charge is 0.172 e. The monoisotopic (exact) mass is 421 g/mol. The van der Waals surface area contributed by atoms with Crippen molar-refractivity contribution in [2.24, 2.45) is 0 Å². The summed E-state index contributed by atoms with van der Waals surface area (Å²) in [7, 11) is -3.35. The summed E-state index contributed by atoms with van der Waals surface area (Å²) in [4.78, 5) is 10.1. The minimum absolute atomic E-state index is 0.0155. The first-order chi connectivity index (χ1) is 13.5. The number of piperazine rings is 1. The van der Waals surface area contributed by atoms with Crippen molar-refractivity contribution in [3.05, 3.63) is 41.8 Å². The molecule has 3 heterocycles. The van der Waals surface area contributed by atoms with Crippen LogP contribution in [0.5, 0.6) is 0 Å². The lowest BCUT2D eigenvalue weighted by molar-refractivity contribution is 0.511. The van der Waals surface area contributed by atoms with Crippen LogP contribution in [0.1, 0.15) is 6.92 Å². The van der Waals surface area contributed by atoms with Crippen molar-refractivity contribution in [3.8, 4) is 0 Å². The van der Waals surface area contributed by atoms with Crippen LogP contribution in [0.3, 0.4) is 0 Å². The second-order valence-corrected chi connectivity index (χ2v) is 9.82. The van der Waals surface area contributed by atoms with Gasteiger partial charge < -0.3 is 15.5 Å². The molecule has 7 nitrogen and oxygen atoms in total. The molecule has 1 atom stereocenters. The Hall–Kier alpha value is -2.30. The number of sulfone groups is 1. The Morgan fingerprint density at radius 3 is 3.00 bits per heavy atom. The van der Waals surface area contributed by atoms with Gasteiger partial charge in [-0.25, -0.2) is 22.8 Å². The summed E-state index contributed by atoms with van der Waals surface area (Å²) in [5, 5.41) is 7.36. The molecule has 1 aliphatic heterocycles. The Labute approximate surface area is 166 Å². The van der Waals surface area contributed by atoms with Crippen LogP contribution in [0.2, 0.25) is 0 Å². The Bertz CT molecular complexity index is 1100. The minimum atomic E-state index is -3.35. The molecule has 0 saturated carbocycles. The molecular weight excluding hydrogens is 401 g/mol. The first kappa shape index (κ1) is 19.0. The Balaban J connectivity index is 1.63. The molecule has 1 fully saturated rings. The highest BCUT2D eigenvalue weighted by atomic mass is 32.2. The third-order valence-electron chi connectivity index (χ3n) is 4.78. The van der Waals surface area contributed by atoms with Gasteiger partial charge in [0.15, 0.2) is 15.7 Å². The molecule has 0 radical (unpaired) electrons. The summed E-state index contributed by atoms with van der Waals surface area (Å²) < 4.78 is 40.7. The van der Waals surface area contributed by atoms with E-state index in [1.165, 1.54) is 23.7 Å². The van der Waals surface area contributed by atoms with Gasteiger partial charge in [-0.3, -0.25) is 0 Å². The zero-order chi connectivity index (χ0) is 19.7. The average Bonchev–Trinajstić information content (AvgIpc) is 3.18. The topological polar surface area (TPSA) is 87.2 Å². The van der Waals surface area contributed by atoms with Crippen LogP contribution in [0.25, 0.3) is 10.2 Å². The van der Waals surface area contributed by atoms with E-state index in [0.29, 0.717) is 24.6 Å².